The lowest BCUT2D eigenvalue weighted by atomic mass is 9.91. The van der Waals surface area contributed by atoms with E-state index in [1.807, 2.05) is 54.9 Å². The Morgan fingerprint density at radius 3 is 2.60 bits per heavy atom. The summed E-state index contributed by atoms with van der Waals surface area (Å²) in [6.07, 6.45) is 7.93. The molecule has 6 nitrogen and oxygen atoms in total. The number of aromatic amines is 1. The van der Waals surface area contributed by atoms with Crippen LogP contribution in [-0.2, 0) is 6.61 Å². The van der Waals surface area contributed by atoms with Crippen LogP contribution < -0.4 is 10.1 Å². The van der Waals surface area contributed by atoms with Gasteiger partial charge in [0, 0.05) is 35.3 Å². The summed E-state index contributed by atoms with van der Waals surface area (Å²) in [5.74, 6) is 2.16. The summed E-state index contributed by atoms with van der Waals surface area (Å²) in [6, 6.07) is 22.6. The van der Waals surface area contributed by atoms with Crippen LogP contribution >= 0.6 is 0 Å². The van der Waals surface area contributed by atoms with Crippen molar-refractivity contribution in [3.05, 3.63) is 96.4 Å². The molecule has 174 valence electrons. The molecule has 0 amide bonds. The average Bonchev–Trinajstić information content (AvgIpc) is 3.37. The van der Waals surface area contributed by atoms with E-state index in [1.54, 1.807) is 6.20 Å². The lowest BCUT2D eigenvalue weighted by molar-refractivity contribution is 0.307. The van der Waals surface area contributed by atoms with Crippen molar-refractivity contribution in [2.45, 2.75) is 25.4 Å². The van der Waals surface area contributed by atoms with Gasteiger partial charge < -0.3 is 15.0 Å². The van der Waals surface area contributed by atoms with Crippen LogP contribution in [0.4, 0.5) is 0 Å². The maximum absolute atomic E-state index is 6.23. The van der Waals surface area contributed by atoms with E-state index in [4.69, 9.17) is 14.7 Å². The number of nitrogens with one attached hydrogen (secondary N) is 2. The van der Waals surface area contributed by atoms with Gasteiger partial charge in [-0.25, -0.2) is 9.97 Å². The second-order valence-corrected chi connectivity index (χ2v) is 8.97. The standard InChI is InChI=1S/C29H27N5O/c1-2-5-20(6-3-1)19-35-27-9-8-22(15-25(27)23-7-4-12-31-17-23)28-33-26-16-24(18-32-29(26)34-28)21-10-13-30-14-11-21/h1-9,12,15-18,21,30H,10-11,13-14,19H2,(H,32,33,34). The number of piperidine rings is 1. The summed E-state index contributed by atoms with van der Waals surface area (Å²) in [7, 11) is 0. The SMILES string of the molecule is c1ccc(COc2ccc(-c3nc4cc(C5CCNCC5)cnc4[nH]3)cc2-c2cccnc2)cc1. The molecule has 1 aliphatic heterocycles. The molecule has 0 aliphatic carbocycles. The second-order valence-electron chi connectivity index (χ2n) is 8.97. The molecule has 5 aromatic rings. The van der Waals surface area contributed by atoms with E-state index >= 15 is 0 Å². The largest absolute Gasteiger partial charge is 0.488 e. The number of hydrogen-bond acceptors (Lipinski definition) is 5. The van der Waals surface area contributed by atoms with Crippen LogP contribution in [0.2, 0.25) is 0 Å². The van der Waals surface area contributed by atoms with E-state index in [-0.39, 0.29) is 0 Å². The molecule has 3 aromatic heterocycles. The molecule has 0 saturated carbocycles. The summed E-state index contributed by atoms with van der Waals surface area (Å²) >= 11 is 0. The van der Waals surface area contributed by atoms with Gasteiger partial charge in [-0.1, -0.05) is 36.4 Å². The molecule has 4 heterocycles. The van der Waals surface area contributed by atoms with Gasteiger partial charge in [-0.05, 0) is 73.3 Å². The number of hydrogen-bond donors (Lipinski definition) is 2. The fourth-order valence-corrected chi connectivity index (χ4v) is 4.71. The average molecular weight is 462 g/mol. The van der Waals surface area contributed by atoms with Crippen molar-refractivity contribution in [1.82, 2.24) is 25.3 Å². The van der Waals surface area contributed by atoms with Gasteiger partial charge >= 0.3 is 0 Å². The number of H-pyrrole nitrogens is 1. The number of benzene rings is 2. The number of nitrogens with zero attached hydrogens (tertiary/aromatic N) is 3. The minimum atomic E-state index is 0.501. The van der Waals surface area contributed by atoms with Gasteiger partial charge in [-0.2, -0.15) is 0 Å². The number of aromatic nitrogens is 4. The molecule has 6 heteroatoms. The first-order chi connectivity index (χ1) is 17.3. The molecule has 6 rings (SSSR count). The van der Waals surface area contributed by atoms with Gasteiger partial charge in [-0.3, -0.25) is 4.98 Å². The first-order valence-electron chi connectivity index (χ1n) is 12.1. The topological polar surface area (TPSA) is 75.7 Å². The Morgan fingerprint density at radius 1 is 0.886 bits per heavy atom. The van der Waals surface area contributed by atoms with Crippen molar-refractivity contribution in [3.8, 4) is 28.3 Å². The lowest BCUT2D eigenvalue weighted by Crippen LogP contribution is -2.26. The van der Waals surface area contributed by atoms with Gasteiger partial charge in [0.1, 0.15) is 23.7 Å². The number of rotatable bonds is 6. The molecule has 0 unspecified atom stereocenters. The zero-order valence-electron chi connectivity index (χ0n) is 19.4. The van der Waals surface area contributed by atoms with Crippen molar-refractivity contribution < 1.29 is 4.74 Å². The Bertz CT molecular complexity index is 1430. The highest BCUT2D eigenvalue weighted by molar-refractivity contribution is 5.80. The van der Waals surface area contributed by atoms with Gasteiger partial charge in [0.05, 0.1) is 0 Å². The fourth-order valence-electron chi connectivity index (χ4n) is 4.71. The summed E-state index contributed by atoms with van der Waals surface area (Å²) in [6.45, 7) is 2.62. The van der Waals surface area contributed by atoms with Crippen LogP contribution in [0.5, 0.6) is 5.75 Å². The maximum Gasteiger partial charge on any atom is 0.157 e. The van der Waals surface area contributed by atoms with E-state index in [1.165, 1.54) is 5.56 Å². The minimum Gasteiger partial charge on any atom is -0.488 e. The molecule has 35 heavy (non-hydrogen) atoms. The number of imidazole rings is 1. The highest BCUT2D eigenvalue weighted by Crippen LogP contribution is 2.35. The van der Waals surface area contributed by atoms with Gasteiger partial charge in [0.2, 0.25) is 0 Å². The molecule has 0 bridgehead atoms. The normalized spacial score (nSPS) is 14.3. The molecular formula is C29H27N5O. The molecule has 1 aliphatic rings. The zero-order chi connectivity index (χ0) is 23.5. The Labute approximate surface area is 204 Å². The van der Waals surface area contributed by atoms with Crippen LogP contribution in [0.15, 0.2) is 85.3 Å². The van der Waals surface area contributed by atoms with Crippen molar-refractivity contribution >= 4 is 11.2 Å². The highest BCUT2D eigenvalue weighted by Gasteiger charge is 2.18. The van der Waals surface area contributed by atoms with E-state index in [0.29, 0.717) is 12.5 Å². The number of pyridine rings is 2. The van der Waals surface area contributed by atoms with Crippen molar-refractivity contribution in [3.63, 3.8) is 0 Å². The summed E-state index contributed by atoms with van der Waals surface area (Å²) in [5.41, 5.74) is 7.08. The number of ether oxygens (including phenoxy) is 1. The Hall–Kier alpha value is -4.03. The first kappa shape index (κ1) is 21.5. The van der Waals surface area contributed by atoms with E-state index in [9.17, 15) is 0 Å². The van der Waals surface area contributed by atoms with Crippen molar-refractivity contribution in [2.75, 3.05) is 13.1 Å². The molecule has 2 N–H and O–H groups in total. The Balaban J connectivity index is 1.34. The maximum atomic E-state index is 6.23. The van der Waals surface area contributed by atoms with Crippen LogP contribution in [0.3, 0.4) is 0 Å². The molecular weight excluding hydrogens is 434 g/mol. The predicted molar refractivity (Wildman–Crippen MR) is 138 cm³/mol. The fraction of sp³-hybridized carbons (Fsp3) is 0.207. The van der Waals surface area contributed by atoms with E-state index < -0.39 is 0 Å². The third kappa shape index (κ3) is 4.66. The summed E-state index contributed by atoms with van der Waals surface area (Å²) in [5, 5.41) is 3.43. The molecule has 0 radical (unpaired) electrons. The molecule has 2 aromatic carbocycles. The predicted octanol–water partition coefficient (Wildman–Crippen LogP) is 5.73. The Morgan fingerprint density at radius 2 is 1.77 bits per heavy atom. The Kier molecular flexibility index (Phi) is 5.95. The minimum absolute atomic E-state index is 0.501. The van der Waals surface area contributed by atoms with Gasteiger partial charge in [-0.15, -0.1) is 0 Å². The van der Waals surface area contributed by atoms with Crippen LogP contribution in [0.25, 0.3) is 33.7 Å². The quantitative estimate of drug-likeness (QED) is 0.338. The van der Waals surface area contributed by atoms with Crippen molar-refractivity contribution in [1.29, 1.82) is 0 Å². The third-order valence-electron chi connectivity index (χ3n) is 6.63. The smallest absolute Gasteiger partial charge is 0.157 e. The third-order valence-corrected chi connectivity index (χ3v) is 6.63. The molecule has 0 atom stereocenters. The lowest BCUT2D eigenvalue weighted by Gasteiger charge is -2.22. The van der Waals surface area contributed by atoms with Crippen LogP contribution in [0, 0.1) is 0 Å². The van der Waals surface area contributed by atoms with E-state index in [2.05, 4.69) is 39.6 Å². The molecule has 1 fully saturated rings. The van der Waals surface area contributed by atoms with Crippen LogP contribution in [0.1, 0.15) is 29.9 Å². The van der Waals surface area contributed by atoms with Crippen LogP contribution in [-0.4, -0.2) is 33.0 Å². The van der Waals surface area contributed by atoms with E-state index in [0.717, 1.165) is 70.9 Å². The highest BCUT2D eigenvalue weighted by atomic mass is 16.5. The summed E-state index contributed by atoms with van der Waals surface area (Å²) < 4.78 is 6.23. The number of fused-ring (bicyclic) bond motifs is 1. The second kappa shape index (κ2) is 9.68. The first-order valence-corrected chi connectivity index (χ1v) is 12.1. The molecule has 0 spiro atoms. The van der Waals surface area contributed by atoms with Gasteiger partial charge in [0.25, 0.3) is 0 Å². The van der Waals surface area contributed by atoms with Crippen molar-refractivity contribution in [2.24, 2.45) is 0 Å². The monoisotopic (exact) mass is 461 g/mol. The molecule has 1 saturated heterocycles. The zero-order valence-corrected chi connectivity index (χ0v) is 19.4. The van der Waals surface area contributed by atoms with Gasteiger partial charge in [0.15, 0.2) is 5.65 Å². The summed E-state index contributed by atoms with van der Waals surface area (Å²) in [4.78, 5) is 17.3.